The van der Waals surface area contributed by atoms with Gasteiger partial charge in [-0.25, -0.2) is 4.98 Å². The molecule has 6 rings (SSSR count). The summed E-state index contributed by atoms with van der Waals surface area (Å²) in [5.41, 5.74) is 5.32. The lowest BCUT2D eigenvalue weighted by Crippen LogP contribution is -2.36. The molecule has 0 radical (unpaired) electrons. The molecule has 0 unspecified atom stereocenters. The first-order valence-corrected chi connectivity index (χ1v) is 12.4. The van der Waals surface area contributed by atoms with Gasteiger partial charge in [0.15, 0.2) is 0 Å². The van der Waals surface area contributed by atoms with E-state index >= 15 is 0 Å². The molecule has 0 aliphatic heterocycles. The van der Waals surface area contributed by atoms with Crippen LogP contribution in [0.15, 0.2) is 60.9 Å². The number of carbonyl (C=O) groups excluding carboxylic acids is 1. The van der Waals surface area contributed by atoms with Crippen LogP contribution in [0.5, 0.6) is 0 Å². The van der Waals surface area contributed by atoms with Gasteiger partial charge < -0.3 is 10.3 Å². The molecular weight excluding hydrogens is 442 g/mol. The van der Waals surface area contributed by atoms with Crippen molar-refractivity contribution in [1.82, 2.24) is 24.8 Å². The van der Waals surface area contributed by atoms with Crippen molar-refractivity contribution in [3.05, 3.63) is 71.3 Å². The number of aromatic nitrogens is 4. The van der Waals surface area contributed by atoms with Crippen molar-refractivity contribution in [2.45, 2.75) is 32.2 Å². The molecule has 1 aromatic carbocycles. The standard InChI is InChI=1S/C27H25N5OS/c1-16-7-6-10-20(16)31-26(33)25-24-23-22(12-14-29-27(23)34-25)32(17(2)30-24)19-11-13-28-21(15-19)18-8-4-3-5-9-18/h3-5,8-9,11-16,20,30H,2,6-7,10H2,1H3,(H,31,33)/t16-,20+/m0/s1. The van der Waals surface area contributed by atoms with Crippen LogP contribution < -0.4 is 10.8 Å². The third kappa shape index (κ3) is 3.44. The Morgan fingerprint density at radius 3 is 2.76 bits per heavy atom. The van der Waals surface area contributed by atoms with Crippen LogP contribution in [0, 0.1) is 5.92 Å². The predicted octanol–water partition coefficient (Wildman–Crippen LogP) is 5.24. The lowest BCUT2D eigenvalue weighted by atomic mass is 10.1. The smallest absolute Gasteiger partial charge is 0.263 e. The molecule has 1 fully saturated rings. The van der Waals surface area contributed by atoms with E-state index in [4.69, 9.17) is 0 Å². The van der Waals surface area contributed by atoms with Crippen molar-refractivity contribution in [3.63, 3.8) is 0 Å². The van der Waals surface area contributed by atoms with Gasteiger partial charge in [-0.1, -0.05) is 50.3 Å². The first-order valence-electron chi connectivity index (χ1n) is 11.6. The summed E-state index contributed by atoms with van der Waals surface area (Å²) in [5.74, 6) is 0.471. The van der Waals surface area contributed by atoms with Crippen LogP contribution in [-0.2, 0) is 0 Å². The molecule has 1 amide bonds. The molecular formula is C27H25N5OS. The Hall–Kier alpha value is -3.71. The van der Waals surface area contributed by atoms with Crippen LogP contribution in [-0.4, -0.2) is 31.5 Å². The van der Waals surface area contributed by atoms with E-state index in [1.54, 1.807) is 6.20 Å². The summed E-state index contributed by atoms with van der Waals surface area (Å²) >= 11 is 1.43. The maximum Gasteiger partial charge on any atom is 0.263 e. The Kier molecular flexibility index (Phi) is 5.07. The Balaban J connectivity index is 1.49. The summed E-state index contributed by atoms with van der Waals surface area (Å²) in [7, 11) is 0. The molecule has 4 heterocycles. The van der Waals surface area contributed by atoms with Gasteiger partial charge in [-0.05, 0) is 37.0 Å². The van der Waals surface area contributed by atoms with Gasteiger partial charge in [0, 0.05) is 24.0 Å². The van der Waals surface area contributed by atoms with Crippen LogP contribution >= 0.6 is 11.3 Å². The van der Waals surface area contributed by atoms with Crippen molar-refractivity contribution in [1.29, 1.82) is 0 Å². The van der Waals surface area contributed by atoms with E-state index < -0.39 is 0 Å². The Labute approximate surface area is 201 Å². The number of carbonyl (C=O) groups is 1. The summed E-state index contributed by atoms with van der Waals surface area (Å²) in [6.07, 6.45) is 6.98. The van der Waals surface area contributed by atoms with Gasteiger partial charge in [0.1, 0.15) is 15.2 Å². The number of hydrogen-bond donors (Lipinski definition) is 2. The highest BCUT2D eigenvalue weighted by molar-refractivity contribution is 7.21. The molecule has 2 atom stereocenters. The van der Waals surface area contributed by atoms with Gasteiger partial charge in [-0.15, -0.1) is 11.3 Å². The lowest BCUT2D eigenvalue weighted by molar-refractivity contribution is 0.0935. The molecule has 1 aliphatic carbocycles. The zero-order valence-corrected chi connectivity index (χ0v) is 19.7. The molecule has 0 spiro atoms. The van der Waals surface area contributed by atoms with Crippen LogP contribution in [0.3, 0.4) is 0 Å². The molecule has 0 saturated heterocycles. The van der Waals surface area contributed by atoms with Gasteiger partial charge in [0.25, 0.3) is 5.91 Å². The summed E-state index contributed by atoms with van der Waals surface area (Å²) in [4.78, 5) is 27.3. The summed E-state index contributed by atoms with van der Waals surface area (Å²) < 4.78 is 2.07. The zero-order valence-electron chi connectivity index (χ0n) is 18.9. The highest BCUT2D eigenvalue weighted by Gasteiger charge is 2.27. The monoisotopic (exact) mass is 467 g/mol. The quantitative estimate of drug-likeness (QED) is 0.380. The van der Waals surface area contributed by atoms with Crippen molar-refractivity contribution < 1.29 is 4.79 Å². The molecule has 2 N–H and O–H groups in total. The summed E-state index contributed by atoms with van der Waals surface area (Å²) in [6, 6.07) is 16.3. The first-order chi connectivity index (χ1) is 16.6. The summed E-state index contributed by atoms with van der Waals surface area (Å²) in [5, 5.41) is 4.21. The third-order valence-electron chi connectivity index (χ3n) is 6.81. The SMILES string of the molecule is C=c1[nH]c2c(C(=O)N[C@@H]3CCC[C@@H]3C)sc3nccc(c32)n1-c1ccnc(-c2ccccc2)c1. The Bertz CT molecular complexity index is 1580. The van der Waals surface area contributed by atoms with Crippen LogP contribution in [0.4, 0.5) is 0 Å². The van der Waals surface area contributed by atoms with E-state index in [1.165, 1.54) is 11.3 Å². The number of H-pyrrole nitrogens is 1. The minimum Gasteiger partial charge on any atom is -0.348 e. The number of benzene rings is 1. The fourth-order valence-corrected chi connectivity index (χ4v) is 6.05. The second kappa shape index (κ2) is 8.25. The van der Waals surface area contributed by atoms with E-state index in [2.05, 4.69) is 44.4 Å². The maximum absolute atomic E-state index is 13.3. The number of nitrogens with one attached hydrogen (secondary N) is 2. The molecule has 1 saturated carbocycles. The molecule has 6 nitrogen and oxygen atoms in total. The number of nitrogens with zero attached hydrogens (tertiary/aromatic N) is 3. The molecule has 170 valence electrons. The van der Waals surface area contributed by atoms with Gasteiger partial charge in [-0.3, -0.25) is 14.3 Å². The normalized spacial score (nSPS) is 18.0. The molecule has 34 heavy (non-hydrogen) atoms. The first kappa shape index (κ1) is 20.9. The topological polar surface area (TPSA) is 75.6 Å². The number of aromatic amines is 1. The average molecular weight is 468 g/mol. The average Bonchev–Trinajstić information content (AvgIpc) is 3.44. The summed E-state index contributed by atoms with van der Waals surface area (Å²) in [6.45, 7) is 6.51. The van der Waals surface area contributed by atoms with E-state index in [1.807, 2.05) is 48.7 Å². The van der Waals surface area contributed by atoms with E-state index in [0.29, 0.717) is 16.3 Å². The van der Waals surface area contributed by atoms with E-state index in [0.717, 1.165) is 57.5 Å². The van der Waals surface area contributed by atoms with Crippen molar-refractivity contribution in [3.8, 4) is 16.9 Å². The molecule has 7 heteroatoms. The molecule has 1 aliphatic rings. The molecule has 0 bridgehead atoms. The Morgan fingerprint density at radius 1 is 1.15 bits per heavy atom. The number of hydrogen-bond acceptors (Lipinski definition) is 4. The van der Waals surface area contributed by atoms with Gasteiger partial charge >= 0.3 is 0 Å². The van der Waals surface area contributed by atoms with Crippen molar-refractivity contribution in [2.24, 2.45) is 5.92 Å². The van der Waals surface area contributed by atoms with Gasteiger partial charge in [-0.2, -0.15) is 0 Å². The third-order valence-corrected chi connectivity index (χ3v) is 7.90. The number of rotatable bonds is 4. The van der Waals surface area contributed by atoms with Crippen LogP contribution in [0.25, 0.3) is 44.8 Å². The fraction of sp³-hybridized carbons (Fsp3) is 0.222. The highest BCUT2D eigenvalue weighted by atomic mass is 32.1. The highest BCUT2D eigenvalue weighted by Crippen LogP contribution is 2.34. The lowest BCUT2D eigenvalue weighted by Gasteiger charge is -2.17. The second-order valence-electron chi connectivity index (χ2n) is 8.98. The minimum absolute atomic E-state index is 0.0354. The molecule has 4 aromatic heterocycles. The Morgan fingerprint density at radius 2 is 1.97 bits per heavy atom. The van der Waals surface area contributed by atoms with E-state index in [-0.39, 0.29) is 11.9 Å². The van der Waals surface area contributed by atoms with Gasteiger partial charge in [0.2, 0.25) is 0 Å². The maximum atomic E-state index is 13.3. The number of thiophene rings is 1. The van der Waals surface area contributed by atoms with Crippen molar-refractivity contribution >= 4 is 45.1 Å². The number of amides is 1. The fourth-order valence-electron chi connectivity index (χ4n) is 5.03. The second-order valence-corrected chi connectivity index (χ2v) is 9.98. The predicted molar refractivity (Wildman–Crippen MR) is 138 cm³/mol. The van der Waals surface area contributed by atoms with E-state index in [9.17, 15) is 4.79 Å². The zero-order chi connectivity index (χ0) is 23.2. The van der Waals surface area contributed by atoms with Crippen molar-refractivity contribution in [2.75, 3.05) is 0 Å². The van der Waals surface area contributed by atoms with Crippen LogP contribution in [0.1, 0.15) is 35.9 Å². The largest absolute Gasteiger partial charge is 0.348 e. The minimum atomic E-state index is -0.0354. The van der Waals surface area contributed by atoms with Gasteiger partial charge in [0.05, 0.1) is 27.8 Å². The van der Waals surface area contributed by atoms with Crippen LogP contribution in [0.2, 0.25) is 0 Å². The number of pyridine rings is 2. The molecule has 5 aromatic rings.